The molecule has 0 aliphatic rings. The molecule has 0 aliphatic heterocycles. The topological polar surface area (TPSA) is 98.5 Å². The van der Waals surface area contributed by atoms with Crippen LogP contribution in [0.3, 0.4) is 0 Å². The Kier molecular flexibility index (Phi) is 5.63. The molecule has 0 saturated carbocycles. The zero-order valence-corrected chi connectivity index (χ0v) is 16.7. The Morgan fingerprint density at radius 3 is 2.53 bits per heavy atom. The van der Waals surface area contributed by atoms with Gasteiger partial charge in [0.05, 0.1) is 17.6 Å². The first-order chi connectivity index (χ1) is 15.3. The number of carbonyl (C=O) groups excluding carboxylic acids is 1. The third-order valence-corrected chi connectivity index (χ3v) is 4.53. The van der Waals surface area contributed by atoms with Crippen LogP contribution in [-0.2, 0) is 17.5 Å². The van der Waals surface area contributed by atoms with Gasteiger partial charge >= 0.3 is 6.18 Å². The van der Waals surface area contributed by atoms with E-state index in [-0.39, 0.29) is 18.0 Å². The predicted octanol–water partition coefficient (Wildman–Crippen LogP) is 3.76. The highest BCUT2D eigenvalue weighted by Gasteiger charge is 2.32. The van der Waals surface area contributed by atoms with E-state index >= 15 is 0 Å². The molecular weight excluding hydrogens is 423 g/mol. The number of halogens is 3. The van der Waals surface area contributed by atoms with Gasteiger partial charge in [0.25, 0.3) is 0 Å². The lowest BCUT2D eigenvalue weighted by Crippen LogP contribution is -2.19. The molecule has 4 rings (SSSR count). The van der Waals surface area contributed by atoms with Crippen molar-refractivity contribution in [2.45, 2.75) is 19.6 Å². The number of imidazole rings is 1. The zero-order chi connectivity index (χ0) is 22.7. The number of rotatable bonds is 5. The van der Waals surface area contributed by atoms with E-state index in [0.717, 1.165) is 17.8 Å². The van der Waals surface area contributed by atoms with Crippen molar-refractivity contribution in [1.29, 1.82) is 0 Å². The van der Waals surface area contributed by atoms with Crippen LogP contribution in [0.5, 0.6) is 0 Å². The fourth-order valence-electron chi connectivity index (χ4n) is 2.96. The second-order valence-electron chi connectivity index (χ2n) is 6.80. The number of pyridine rings is 2. The summed E-state index contributed by atoms with van der Waals surface area (Å²) in [6.45, 7) is 1.58. The number of alkyl halides is 3. The van der Waals surface area contributed by atoms with Crippen LogP contribution < -0.4 is 5.32 Å². The molecular formula is C21H16F3N7O. The Labute approximate surface area is 180 Å². The average Bonchev–Trinajstić information content (AvgIpc) is 3.14. The van der Waals surface area contributed by atoms with E-state index in [1.807, 2.05) is 0 Å². The van der Waals surface area contributed by atoms with Crippen molar-refractivity contribution in [2.75, 3.05) is 5.32 Å². The maximum atomic E-state index is 12.9. The Balaban J connectivity index is 1.45. The lowest BCUT2D eigenvalue weighted by atomic mass is 10.2. The predicted molar refractivity (Wildman–Crippen MR) is 109 cm³/mol. The number of amides is 1. The highest BCUT2D eigenvalue weighted by Crippen LogP contribution is 2.30. The van der Waals surface area contributed by atoms with Gasteiger partial charge in [-0.15, -0.1) is 0 Å². The quantitative estimate of drug-likeness (QED) is 0.508. The Bertz CT molecular complexity index is 1240. The van der Waals surface area contributed by atoms with E-state index in [4.69, 9.17) is 0 Å². The number of hydrogen-bond acceptors (Lipinski definition) is 6. The number of nitrogens with zero attached hydrogens (tertiary/aromatic N) is 6. The lowest BCUT2D eigenvalue weighted by Gasteiger charge is -2.07. The van der Waals surface area contributed by atoms with E-state index in [1.165, 1.54) is 12.3 Å². The normalized spacial score (nSPS) is 11.4. The van der Waals surface area contributed by atoms with Crippen molar-refractivity contribution < 1.29 is 18.0 Å². The monoisotopic (exact) mass is 439 g/mol. The third kappa shape index (κ3) is 4.77. The summed E-state index contributed by atoms with van der Waals surface area (Å²) in [4.78, 5) is 32.4. The molecule has 4 aromatic heterocycles. The van der Waals surface area contributed by atoms with Crippen LogP contribution in [-0.4, -0.2) is 35.4 Å². The number of hydrogen-bond donors (Lipinski definition) is 1. The van der Waals surface area contributed by atoms with Gasteiger partial charge < -0.3 is 9.88 Å². The standard InChI is InChI=1S/C21H16F3N7O/c1-13-29-17(14-4-5-27-18(8-14)21(22,23)24)11-31(13)12-20(32)30-19-3-2-15(9-28-19)16-10-25-6-7-26-16/h2-11H,12H2,1H3,(H,28,30,32). The van der Waals surface area contributed by atoms with E-state index in [9.17, 15) is 18.0 Å². The molecule has 1 amide bonds. The van der Waals surface area contributed by atoms with Gasteiger partial charge in [0.2, 0.25) is 5.91 Å². The maximum Gasteiger partial charge on any atom is 0.433 e. The zero-order valence-electron chi connectivity index (χ0n) is 16.7. The van der Waals surface area contributed by atoms with Gasteiger partial charge in [-0.25, -0.2) is 9.97 Å². The average molecular weight is 439 g/mol. The summed E-state index contributed by atoms with van der Waals surface area (Å²) in [5, 5.41) is 2.68. The van der Waals surface area contributed by atoms with Crippen molar-refractivity contribution in [2.24, 2.45) is 0 Å². The molecule has 0 atom stereocenters. The van der Waals surface area contributed by atoms with E-state index in [2.05, 4.69) is 30.2 Å². The molecule has 4 heterocycles. The van der Waals surface area contributed by atoms with Crippen LogP contribution in [0.15, 0.2) is 61.4 Å². The number of carbonyl (C=O) groups is 1. The molecule has 0 radical (unpaired) electrons. The molecule has 0 saturated heterocycles. The summed E-state index contributed by atoms with van der Waals surface area (Å²) in [7, 11) is 0. The summed E-state index contributed by atoms with van der Waals surface area (Å²) in [6, 6.07) is 5.76. The fourth-order valence-corrected chi connectivity index (χ4v) is 2.96. The Morgan fingerprint density at radius 2 is 1.84 bits per heavy atom. The number of aryl methyl sites for hydroxylation is 1. The van der Waals surface area contributed by atoms with Crippen LogP contribution in [0.25, 0.3) is 22.5 Å². The summed E-state index contributed by atoms with van der Waals surface area (Å²) < 4.78 is 40.3. The number of aromatic nitrogens is 6. The van der Waals surface area contributed by atoms with Gasteiger partial charge in [-0.1, -0.05) is 0 Å². The van der Waals surface area contributed by atoms with Gasteiger partial charge in [0, 0.05) is 42.1 Å². The molecule has 32 heavy (non-hydrogen) atoms. The van der Waals surface area contributed by atoms with Gasteiger partial charge in [-0.05, 0) is 31.2 Å². The molecule has 0 unspecified atom stereocenters. The van der Waals surface area contributed by atoms with Crippen molar-refractivity contribution >= 4 is 11.7 Å². The first-order valence-electron chi connectivity index (χ1n) is 9.39. The molecule has 162 valence electrons. The lowest BCUT2D eigenvalue weighted by molar-refractivity contribution is -0.141. The number of anilines is 1. The Hall–Kier alpha value is -4.15. The summed E-state index contributed by atoms with van der Waals surface area (Å²) in [5.74, 6) is 0.471. The van der Waals surface area contributed by atoms with E-state index in [1.54, 1.807) is 48.4 Å². The van der Waals surface area contributed by atoms with E-state index in [0.29, 0.717) is 23.0 Å². The second-order valence-corrected chi connectivity index (χ2v) is 6.80. The molecule has 0 bridgehead atoms. The molecule has 0 aliphatic carbocycles. The van der Waals surface area contributed by atoms with Gasteiger partial charge in [-0.3, -0.25) is 19.7 Å². The second kappa shape index (κ2) is 8.53. The summed E-state index contributed by atoms with van der Waals surface area (Å²) in [6.07, 6.45) is 4.37. The smallest absolute Gasteiger partial charge is 0.325 e. The van der Waals surface area contributed by atoms with Crippen molar-refractivity contribution in [3.63, 3.8) is 0 Å². The van der Waals surface area contributed by atoms with Gasteiger partial charge in [0.1, 0.15) is 23.9 Å². The summed E-state index contributed by atoms with van der Waals surface area (Å²) in [5.41, 5.74) is 0.979. The highest BCUT2D eigenvalue weighted by molar-refractivity contribution is 5.89. The molecule has 1 N–H and O–H groups in total. The van der Waals surface area contributed by atoms with Crippen LogP contribution in [0.4, 0.5) is 19.0 Å². The van der Waals surface area contributed by atoms with Crippen LogP contribution in [0.2, 0.25) is 0 Å². The van der Waals surface area contributed by atoms with Gasteiger partial charge in [0.15, 0.2) is 0 Å². The van der Waals surface area contributed by atoms with E-state index < -0.39 is 11.9 Å². The molecule has 8 nitrogen and oxygen atoms in total. The largest absolute Gasteiger partial charge is 0.433 e. The SMILES string of the molecule is Cc1nc(-c2ccnc(C(F)(F)F)c2)cn1CC(=O)Nc1ccc(-c2cnccn2)cn1. The summed E-state index contributed by atoms with van der Waals surface area (Å²) >= 11 is 0. The fraction of sp³-hybridized carbons (Fsp3) is 0.143. The first kappa shape index (κ1) is 21.1. The van der Waals surface area contributed by atoms with Crippen molar-refractivity contribution in [3.8, 4) is 22.5 Å². The van der Waals surface area contributed by atoms with Gasteiger partial charge in [-0.2, -0.15) is 13.2 Å². The number of nitrogens with one attached hydrogen (secondary N) is 1. The van der Waals surface area contributed by atoms with Crippen LogP contribution in [0.1, 0.15) is 11.5 Å². The minimum Gasteiger partial charge on any atom is -0.325 e. The molecule has 0 fully saturated rings. The molecule has 11 heteroatoms. The Morgan fingerprint density at radius 1 is 1.00 bits per heavy atom. The molecule has 0 aromatic carbocycles. The van der Waals surface area contributed by atoms with Crippen LogP contribution >= 0.6 is 0 Å². The van der Waals surface area contributed by atoms with Crippen LogP contribution in [0, 0.1) is 6.92 Å². The maximum absolute atomic E-state index is 12.9. The molecule has 0 spiro atoms. The first-order valence-corrected chi connectivity index (χ1v) is 9.39. The van der Waals surface area contributed by atoms with Crippen molar-refractivity contribution in [1.82, 2.24) is 29.5 Å². The minimum absolute atomic E-state index is 0.0797. The van der Waals surface area contributed by atoms with Crippen molar-refractivity contribution in [3.05, 3.63) is 73.0 Å². The third-order valence-electron chi connectivity index (χ3n) is 4.53. The minimum atomic E-state index is -4.55. The molecule has 4 aromatic rings. The highest BCUT2D eigenvalue weighted by atomic mass is 19.4.